The molecule has 1 aromatic rings. The van der Waals surface area contributed by atoms with E-state index < -0.39 is 0 Å². The Bertz CT molecular complexity index is 328. The standard InChI is InChI=1S/C14H23N/c1-5-6-7-14(15)13-9-11(3)10(2)8-12(13)4/h8-9,14H,5-7,15H2,1-4H3/t14-/m0/s1. The van der Waals surface area contributed by atoms with Crippen molar-refractivity contribution in [3.05, 3.63) is 34.4 Å². The molecule has 1 heteroatoms. The number of unbranched alkanes of at least 4 members (excludes halogenated alkanes) is 1. The fourth-order valence-corrected chi connectivity index (χ4v) is 1.96. The zero-order chi connectivity index (χ0) is 11.4. The number of hydrogen-bond acceptors (Lipinski definition) is 1. The number of aryl methyl sites for hydroxylation is 3. The number of nitrogens with two attached hydrogens (primary N) is 1. The molecule has 2 N–H and O–H groups in total. The van der Waals surface area contributed by atoms with Crippen LogP contribution in [0.4, 0.5) is 0 Å². The van der Waals surface area contributed by atoms with Crippen LogP contribution < -0.4 is 5.73 Å². The molecule has 0 heterocycles. The molecule has 1 aromatic carbocycles. The third-order valence-corrected chi connectivity index (χ3v) is 3.15. The molecule has 15 heavy (non-hydrogen) atoms. The van der Waals surface area contributed by atoms with Gasteiger partial charge in [-0.1, -0.05) is 31.9 Å². The first-order valence-electron chi connectivity index (χ1n) is 5.89. The number of benzene rings is 1. The molecule has 0 saturated carbocycles. The molecule has 0 radical (unpaired) electrons. The van der Waals surface area contributed by atoms with Gasteiger partial charge in [0.05, 0.1) is 0 Å². The van der Waals surface area contributed by atoms with Crippen LogP contribution in [0.1, 0.15) is 54.5 Å². The SMILES string of the molecule is CCCC[C@H](N)c1cc(C)c(C)cc1C. The summed E-state index contributed by atoms with van der Waals surface area (Å²) in [6, 6.07) is 4.71. The Morgan fingerprint density at radius 3 is 2.27 bits per heavy atom. The minimum atomic E-state index is 0.212. The molecular weight excluding hydrogens is 182 g/mol. The van der Waals surface area contributed by atoms with Crippen LogP contribution in [0, 0.1) is 20.8 Å². The summed E-state index contributed by atoms with van der Waals surface area (Å²) in [6.07, 6.45) is 3.53. The molecule has 0 unspecified atom stereocenters. The summed E-state index contributed by atoms with van der Waals surface area (Å²) >= 11 is 0. The molecule has 1 rings (SSSR count). The average Bonchev–Trinajstić information content (AvgIpc) is 2.20. The van der Waals surface area contributed by atoms with Gasteiger partial charge < -0.3 is 5.73 Å². The zero-order valence-electron chi connectivity index (χ0n) is 10.4. The van der Waals surface area contributed by atoms with Gasteiger partial charge in [0.1, 0.15) is 0 Å². The summed E-state index contributed by atoms with van der Waals surface area (Å²) in [5.41, 5.74) is 11.6. The summed E-state index contributed by atoms with van der Waals surface area (Å²) in [6.45, 7) is 8.68. The minimum Gasteiger partial charge on any atom is -0.324 e. The van der Waals surface area contributed by atoms with Crippen molar-refractivity contribution in [1.29, 1.82) is 0 Å². The van der Waals surface area contributed by atoms with Gasteiger partial charge in [0.15, 0.2) is 0 Å². The van der Waals surface area contributed by atoms with Gasteiger partial charge in [-0.3, -0.25) is 0 Å². The van der Waals surface area contributed by atoms with Crippen LogP contribution in [0.2, 0.25) is 0 Å². The fourth-order valence-electron chi connectivity index (χ4n) is 1.96. The molecule has 0 fully saturated rings. The first-order valence-corrected chi connectivity index (χ1v) is 5.89. The molecular formula is C14H23N. The summed E-state index contributed by atoms with van der Waals surface area (Å²) in [5.74, 6) is 0. The van der Waals surface area contributed by atoms with Gasteiger partial charge in [-0.15, -0.1) is 0 Å². The van der Waals surface area contributed by atoms with Crippen LogP contribution in [0.25, 0.3) is 0 Å². The first kappa shape index (κ1) is 12.3. The first-order chi connectivity index (χ1) is 7.06. The van der Waals surface area contributed by atoms with Crippen molar-refractivity contribution in [1.82, 2.24) is 0 Å². The van der Waals surface area contributed by atoms with E-state index in [1.54, 1.807) is 0 Å². The van der Waals surface area contributed by atoms with Crippen LogP contribution >= 0.6 is 0 Å². The van der Waals surface area contributed by atoms with Gasteiger partial charge in [-0.25, -0.2) is 0 Å². The molecule has 0 amide bonds. The Morgan fingerprint density at radius 2 is 1.67 bits per heavy atom. The largest absolute Gasteiger partial charge is 0.324 e. The number of hydrogen-bond donors (Lipinski definition) is 1. The summed E-state index contributed by atoms with van der Waals surface area (Å²) < 4.78 is 0. The predicted molar refractivity (Wildman–Crippen MR) is 67.1 cm³/mol. The van der Waals surface area contributed by atoms with Crippen LogP contribution in [0.3, 0.4) is 0 Å². The lowest BCUT2D eigenvalue weighted by molar-refractivity contribution is 0.600. The Morgan fingerprint density at radius 1 is 1.07 bits per heavy atom. The molecule has 1 atom stereocenters. The number of rotatable bonds is 4. The highest BCUT2D eigenvalue weighted by atomic mass is 14.6. The fraction of sp³-hybridized carbons (Fsp3) is 0.571. The summed E-state index contributed by atoms with van der Waals surface area (Å²) in [5, 5.41) is 0. The highest BCUT2D eigenvalue weighted by molar-refractivity contribution is 5.38. The smallest absolute Gasteiger partial charge is 0.0297 e. The molecule has 0 aliphatic carbocycles. The molecule has 0 aromatic heterocycles. The Labute approximate surface area is 93.7 Å². The third-order valence-electron chi connectivity index (χ3n) is 3.15. The van der Waals surface area contributed by atoms with E-state index in [2.05, 4.69) is 39.8 Å². The van der Waals surface area contributed by atoms with Crippen molar-refractivity contribution in [3.63, 3.8) is 0 Å². The highest BCUT2D eigenvalue weighted by Gasteiger charge is 2.09. The van der Waals surface area contributed by atoms with Crippen molar-refractivity contribution >= 4 is 0 Å². The Balaban J connectivity index is 2.88. The molecule has 0 aliphatic heterocycles. The van der Waals surface area contributed by atoms with Crippen molar-refractivity contribution < 1.29 is 0 Å². The van der Waals surface area contributed by atoms with E-state index in [4.69, 9.17) is 5.73 Å². The van der Waals surface area contributed by atoms with E-state index in [0.29, 0.717) is 0 Å². The second-order valence-electron chi connectivity index (χ2n) is 4.54. The lowest BCUT2D eigenvalue weighted by Crippen LogP contribution is -2.12. The van der Waals surface area contributed by atoms with Gasteiger partial charge in [-0.2, -0.15) is 0 Å². The molecule has 0 bridgehead atoms. The molecule has 1 nitrogen and oxygen atoms in total. The lowest BCUT2D eigenvalue weighted by Gasteiger charge is -2.16. The van der Waals surface area contributed by atoms with Crippen LogP contribution in [0.5, 0.6) is 0 Å². The Kier molecular flexibility index (Phi) is 4.34. The van der Waals surface area contributed by atoms with Crippen molar-refractivity contribution in [2.45, 2.75) is 53.0 Å². The normalized spacial score (nSPS) is 12.9. The summed E-state index contributed by atoms with van der Waals surface area (Å²) in [4.78, 5) is 0. The van der Waals surface area contributed by atoms with E-state index in [1.165, 1.54) is 35.1 Å². The van der Waals surface area contributed by atoms with E-state index in [1.807, 2.05) is 0 Å². The minimum absolute atomic E-state index is 0.212. The highest BCUT2D eigenvalue weighted by Crippen LogP contribution is 2.23. The van der Waals surface area contributed by atoms with Crippen molar-refractivity contribution in [2.24, 2.45) is 5.73 Å². The molecule has 0 aliphatic rings. The van der Waals surface area contributed by atoms with Crippen molar-refractivity contribution in [2.75, 3.05) is 0 Å². The quantitative estimate of drug-likeness (QED) is 0.795. The van der Waals surface area contributed by atoms with Gasteiger partial charge in [0.25, 0.3) is 0 Å². The van der Waals surface area contributed by atoms with Crippen LogP contribution in [-0.2, 0) is 0 Å². The van der Waals surface area contributed by atoms with E-state index >= 15 is 0 Å². The second kappa shape index (κ2) is 5.32. The Hall–Kier alpha value is -0.820. The maximum atomic E-state index is 6.20. The van der Waals surface area contributed by atoms with Gasteiger partial charge in [-0.05, 0) is 49.4 Å². The monoisotopic (exact) mass is 205 g/mol. The van der Waals surface area contributed by atoms with Gasteiger partial charge >= 0.3 is 0 Å². The van der Waals surface area contributed by atoms with Gasteiger partial charge in [0, 0.05) is 6.04 Å². The predicted octanol–water partition coefficient (Wildman–Crippen LogP) is 3.80. The average molecular weight is 205 g/mol. The van der Waals surface area contributed by atoms with E-state index in [9.17, 15) is 0 Å². The van der Waals surface area contributed by atoms with Crippen LogP contribution in [0.15, 0.2) is 12.1 Å². The zero-order valence-corrected chi connectivity index (χ0v) is 10.4. The topological polar surface area (TPSA) is 26.0 Å². The van der Waals surface area contributed by atoms with Crippen molar-refractivity contribution in [3.8, 4) is 0 Å². The van der Waals surface area contributed by atoms with E-state index in [0.717, 1.165) is 6.42 Å². The summed E-state index contributed by atoms with van der Waals surface area (Å²) in [7, 11) is 0. The lowest BCUT2D eigenvalue weighted by atomic mass is 9.94. The van der Waals surface area contributed by atoms with Crippen LogP contribution in [-0.4, -0.2) is 0 Å². The molecule has 84 valence electrons. The van der Waals surface area contributed by atoms with Gasteiger partial charge in [0.2, 0.25) is 0 Å². The van der Waals surface area contributed by atoms with E-state index in [-0.39, 0.29) is 6.04 Å². The third kappa shape index (κ3) is 3.07. The molecule has 0 saturated heterocycles. The maximum Gasteiger partial charge on any atom is 0.0297 e. The molecule has 0 spiro atoms. The second-order valence-corrected chi connectivity index (χ2v) is 4.54. The maximum absolute atomic E-state index is 6.20.